The van der Waals surface area contributed by atoms with Crippen molar-refractivity contribution in [1.82, 2.24) is 4.72 Å². The van der Waals surface area contributed by atoms with Crippen LogP contribution >= 0.6 is 0 Å². The molecule has 0 spiro atoms. The maximum absolute atomic E-state index is 13.6. The van der Waals surface area contributed by atoms with Gasteiger partial charge in [-0.2, -0.15) is 0 Å². The molecule has 1 heterocycles. The maximum Gasteiger partial charge on any atom is 0.258 e. The molecule has 0 radical (unpaired) electrons. The van der Waals surface area contributed by atoms with E-state index in [1.165, 1.54) is 12.1 Å². The summed E-state index contributed by atoms with van der Waals surface area (Å²) in [6, 6.07) is 16.2. The number of ether oxygens (including phenoxy) is 1. The van der Waals surface area contributed by atoms with Gasteiger partial charge in [0.05, 0.1) is 12.0 Å². The monoisotopic (exact) mass is 468 g/mol. The molecule has 1 aliphatic heterocycles. The Morgan fingerprint density at radius 3 is 2.55 bits per heavy atom. The van der Waals surface area contributed by atoms with E-state index in [1.54, 1.807) is 43.2 Å². The molecule has 8 heteroatoms. The molecule has 172 valence electrons. The number of carbonyl (C=O) groups excluding carboxylic acids is 1. The quantitative estimate of drug-likeness (QED) is 0.588. The normalized spacial score (nSPS) is 15.4. The van der Waals surface area contributed by atoms with E-state index in [0.717, 1.165) is 17.3 Å². The highest BCUT2D eigenvalue weighted by Gasteiger charge is 2.32. The van der Waals surface area contributed by atoms with E-state index < -0.39 is 15.8 Å². The summed E-state index contributed by atoms with van der Waals surface area (Å²) >= 11 is 0. The van der Waals surface area contributed by atoms with Crippen LogP contribution in [0.25, 0.3) is 0 Å². The van der Waals surface area contributed by atoms with Gasteiger partial charge in [0.2, 0.25) is 10.0 Å². The third-order valence-electron chi connectivity index (χ3n) is 5.83. The molecule has 3 aromatic rings. The van der Waals surface area contributed by atoms with E-state index in [9.17, 15) is 17.6 Å². The van der Waals surface area contributed by atoms with Crippen molar-refractivity contribution >= 4 is 21.6 Å². The lowest BCUT2D eigenvalue weighted by Gasteiger charge is -2.23. The molecule has 1 N–H and O–H groups in total. The second-order valence-electron chi connectivity index (χ2n) is 8.15. The molecule has 3 aromatic carbocycles. The fraction of sp³-hybridized carbons (Fsp3) is 0.240. The number of rotatable bonds is 6. The second-order valence-corrected chi connectivity index (χ2v) is 9.89. The number of amides is 1. The summed E-state index contributed by atoms with van der Waals surface area (Å²) in [6.07, 6.45) is 0.714. The van der Waals surface area contributed by atoms with Gasteiger partial charge in [0.1, 0.15) is 11.6 Å². The van der Waals surface area contributed by atoms with Crippen LogP contribution in [0.2, 0.25) is 0 Å². The van der Waals surface area contributed by atoms with Gasteiger partial charge >= 0.3 is 0 Å². The number of hydrogen-bond acceptors (Lipinski definition) is 4. The van der Waals surface area contributed by atoms with Gasteiger partial charge in [0, 0.05) is 23.8 Å². The van der Waals surface area contributed by atoms with Crippen molar-refractivity contribution in [3.8, 4) is 5.75 Å². The zero-order chi connectivity index (χ0) is 23.8. The average Bonchev–Trinajstić information content (AvgIpc) is 3.13. The third-order valence-corrected chi connectivity index (χ3v) is 7.37. The van der Waals surface area contributed by atoms with Crippen LogP contribution in [-0.2, 0) is 23.0 Å². The number of hydrogen-bond donors (Lipinski definition) is 1. The molecule has 6 nitrogen and oxygen atoms in total. The Bertz CT molecular complexity index is 1310. The fourth-order valence-corrected chi connectivity index (χ4v) is 5.34. The van der Waals surface area contributed by atoms with Crippen molar-refractivity contribution in [2.24, 2.45) is 0 Å². The minimum atomic E-state index is -3.90. The Balaban J connectivity index is 1.57. The first-order valence-corrected chi connectivity index (χ1v) is 12.0. The van der Waals surface area contributed by atoms with Crippen molar-refractivity contribution in [3.63, 3.8) is 0 Å². The van der Waals surface area contributed by atoms with Gasteiger partial charge in [-0.05, 0) is 79.4 Å². The van der Waals surface area contributed by atoms with E-state index in [0.29, 0.717) is 28.9 Å². The number of sulfonamides is 1. The topological polar surface area (TPSA) is 75.7 Å². The summed E-state index contributed by atoms with van der Waals surface area (Å²) in [4.78, 5) is 14.9. The Kier molecular flexibility index (Phi) is 6.23. The van der Waals surface area contributed by atoms with Gasteiger partial charge in [-0.15, -0.1) is 0 Å². The van der Waals surface area contributed by atoms with Gasteiger partial charge in [-0.25, -0.2) is 17.5 Å². The van der Waals surface area contributed by atoms with E-state index in [2.05, 4.69) is 4.72 Å². The van der Waals surface area contributed by atoms with Crippen molar-refractivity contribution < 1.29 is 22.3 Å². The molecule has 0 aliphatic carbocycles. The molecule has 4 rings (SSSR count). The molecule has 0 fully saturated rings. The molecule has 0 bridgehead atoms. The van der Waals surface area contributed by atoms with Crippen LogP contribution < -0.4 is 14.4 Å². The van der Waals surface area contributed by atoms with E-state index >= 15 is 0 Å². The predicted molar refractivity (Wildman–Crippen MR) is 125 cm³/mol. The summed E-state index contributed by atoms with van der Waals surface area (Å²) in [7, 11) is -2.33. The van der Waals surface area contributed by atoms with Crippen molar-refractivity contribution in [3.05, 3.63) is 88.7 Å². The lowest BCUT2D eigenvalue weighted by molar-refractivity contribution is 0.0981. The van der Waals surface area contributed by atoms with Crippen molar-refractivity contribution in [1.29, 1.82) is 0 Å². The first-order valence-electron chi connectivity index (χ1n) is 10.5. The molecular weight excluding hydrogens is 443 g/mol. The van der Waals surface area contributed by atoms with Crippen LogP contribution in [0.4, 0.5) is 10.1 Å². The second kappa shape index (κ2) is 8.96. The van der Waals surface area contributed by atoms with Gasteiger partial charge in [0.25, 0.3) is 5.91 Å². The number of halogens is 1. The predicted octanol–water partition coefficient (Wildman–Crippen LogP) is 4.21. The van der Waals surface area contributed by atoms with Crippen LogP contribution in [0.3, 0.4) is 0 Å². The van der Waals surface area contributed by atoms with Gasteiger partial charge in [0.15, 0.2) is 0 Å². The van der Waals surface area contributed by atoms with Crippen LogP contribution in [0.5, 0.6) is 5.75 Å². The molecule has 0 saturated carbocycles. The number of nitrogens with one attached hydrogen (secondary N) is 1. The zero-order valence-corrected chi connectivity index (χ0v) is 19.4. The number of anilines is 1. The minimum Gasteiger partial charge on any atom is -0.497 e. The summed E-state index contributed by atoms with van der Waals surface area (Å²) in [5.41, 5.74) is 3.50. The number of nitrogens with zero attached hydrogens (tertiary/aromatic N) is 1. The molecule has 0 saturated heterocycles. The molecular formula is C25H25FN2O4S. The Morgan fingerprint density at radius 2 is 1.85 bits per heavy atom. The number of carbonyl (C=O) groups is 1. The highest BCUT2D eigenvalue weighted by molar-refractivity contribution is 7.89. The van der Waals surface area contributed by atoms with Crippen molar-refractivity contribution in [2.75, 3.05) is 12.0 Å². The summed E-state index contributed by atoms with van der Waals surface area (Å²) in [6.45, 7) is 3.62. The number of fused-ring (bicyclic) bond motifs is 1. The molecule has 0 aromatic heterocycles. The first kappa shape index (κ1) is 22.9. The van der Waals surface area contributed by atoms with Gasteiger partial charge in [-0.1, -0.05) is 18.2 Å². The smallest absolute Gasteiger partial charge is 0.258 e. The van der Waals surface area contributed by atoms with E-state index in [-0.39, 0.29) is 23.4 Å². The lowest BCUT2D eigenvalue weighted by Crippen LogP contribution is -2.35. The standard InChI is InChI=1S/C25H25FN2O4S/c1-16-4-9-21(26)14-24(16)33(30,31)27-15-18-5-6-20-12-17(2)28(23(20)13-18)25(29)19-7-10-22(32-3)11-8-19/h4-11,13-14,17,27H,12,15H2,1-3H3. The fourth-order valence-electron chi connectivity index (χ4n) is 4.07. The van der Waals surface area contributed by atoms with E-state index in [4.69, 9.17) is 4.74 Å². The van der Waals surface area contributed by atoms with Crippen LogP contribution in [0.1, 0.15) is 34.0 Å². The molecule has 1 unspecified atom stereocenters. The molecule has 1 amide bonds. The van der Waals surface area contributed by atoms with Crippen LogP contribution in [0, 0.1) is 12.7 Å². The first-order chi connectivity index (χ1) is 15.7. The van der Waals surface area contributed by atoms with Gasteiger partial charge in [-0.3, -0.25) is 4.79 Å². The summed E-state index contributed by atoms with van der Waals surface area (Å²) < 4.78 is 46.7. The lowest BCUT2D eigenvalue weighted by atomic mass is 10.1. The highest BCUT2D eigenvalue weighted by atomic mass is 32.2. The molecule has 1 atom stereocenters. The number of methoxy groups -OCH3 is 1. The molecule has 33 heavy (non-hydrogen) atoms. The zero-order valence-electron chi connectivity index (χ0n) is 18.6. The van der Waals surface area contributed by atoms with E-state index in [1.807, 2.05) is 25.1 Å². The Hall–Kier alpha value is -3.23. The van der Waals surface area contributed by atoms with Crippen LogP contribution in [0.15, 0.2) is 65.6 Å². The highest BCUT2D eigenvalue weighted by Crippen LogP contribution is 2.34. The van der Waals surface area contributed by atoms with Gasteiger partial charge < -0.3 is 9.64 Å². The van der Waals surface area contributed by atoms with Crippen molar-refractivity contribution in [2.45, 2.75) is 37.8 Å². The third kappa shape index (κ3) is 4.62. The maximum atomic E-state index is 13.6. The largest absolute Gasteiger partial charge is 0.497 e. The Labute approximate surface area is 193 Å². The van der Waals surface area contributed by atoms with Crippen LogP contribution in [-0.4, -0.2) is 27.5 Å². The molecule has 1 aliphatic rings. The summed E-state index contributed by atoms with van der Waals surface area (Å²) in [5, 5.41) is 0. The summed E-state index contributed by atoms with van der Waals surface area (Å²) in [5.74, 6) is -0.0678. The minimum absolute atomic E-state index is 0.0184. The number of benzene rings is 3. The SMILES string of the molecule is COc1ccc(C(=O)N2c3cc(CNS(=O)(=O)c4cc(F)ccc4C)ccc3CC2C)cc1. The average molecular weight is 469 g/mol. The number of aryl methyl sites for hydroxylation is 1. The Morgan fingerprint density at radius 1 is 1.12 bits per heavy atom.